The lowest BCUT2D eigenvalue weighted by molar-refractivity contribution is -0.109. The highest BCUT2D eigenvalue weighted by Crippen LogP contribution is 2.35. The number of ether oxygens (including phenoxy) is 1. The molecular weight excluding hydrogens is 360 g/mol. The number of aromatic nitrogens is 1. The Morgan fingerprint density at radius 2 is 2.08 bits per heavy atom. The van der Waals surface area contributed by atoms with Crippen molar-refractivity contribution in [3.63, 3.8) is 0 Å². The molecule has 2 heterocycles. The summed E-state index contributed by atoms with van der Waals surface area (Å²) >= 11 is 2.38. The summed E-state index contributed by atoms with van der Waals surface area (Å²) in [5.41, 5.74) is 6.28. The van der Waals surface area contributed by atoms with Crippen molar-refractivity contribution < 1.29 is 18.7 Å². The van der Waals surface area contributed by atoms with Gasteiger partial charge in [0.2, 0.25) is 0 Å². The van der Waals surface area contributed by atoms with E-state index in [0.717, 1.165) is 12.8 Å². The fourth-order valence-electron chi connectivity index (χ4n) is 2.37. The number of nitrogens with two attached hydrogens (primary N) is 1. The monoisotopic (exact) mass is 382 g/mol. The van der Waals surface area contributed by atoms with Gasteiger partial charge in [-0.3, -0.25) is 9.59 Å². The van der Waals surface area contributed by atoms with Crippen LogP contribution in [0.25, 0.3) is 11.5 Å². The third kappa shape index (κ3) is 5.09. The van der Waals surface area contributed by atoms with Crippen LogP contribution in [0.3, 0.4) is 0 Å². The Balaban J connectivity index is 2.14. The SMILES string of the molecule is CCC(CC)C(=O)c1sc(N)nc1-c1ccc(OCCSC(C)=O)o1. The second kappa shape index (κ2) is 9.05. The summed E-state index contributed by atoms with van der Waals surface area (Å²) in [6.07, 6.45) is 1.54. The Morgan fingerprint density at radius 3 is 2.72 bits per heavy atom. The van der Waals surface area contributed by atoms with Crippen molar-refractivity contribution in [2.75, 3.05) is 18.1 Å². The Hall–Kier alpha value is -1.80. The molecule has 6 nitrogen and oxygen atoms in total. The molecule has 0 aliphatic heterocycles. The molecule has 2 N–H and O–H groups in total. The molecule has 25 heavy (non-hydrogen) atoms. The summed E-state index contributed by atoms with van der Waals surface area (Å²) in [5, 5.41) is 0.382. The first-order chi connectivity index (χ1) is 12.0. The second-order valence-corrected chi connectivity index (χ2v) is 7.72. The number of hydrogen-bond acceptors (Lipinski definition) is 8. The van der Waals surface area contributed by atoms with Gasteiger partial charge >= 0.3 is 0 Å². The maximum Gasteiger partial charge on any atom is 0.284 e. The van der Waals surface area contributed by atoms with Gasteiger partial charge in [-0.15, -0.1) is 0 Å². The van der Waals surface area contributed by atoms with Crippen molar-refractivity contribution >= 4 is 39.1 Å². The first-order valence-corrected chi connectivity index (χ1v) is 9.93. The van der Waals surface area contributed by atoms with Crippen LogP contribution in [0.1, 0.15) is 43.3 Å². The lowest BCUT2D eigenvalue weighted by Crippen LogP contribution is -2.12. The molecule has 0 saturated heterocycles. The molecular formula is C17H22N2O4S2. The van der Waals surface area contributed by atoms with Gasteiger partial charge in [0, 0.05) is 24.7 Å². The number of nitrogen functional groups attached to an aromatic ring is 1. The Bertz CT molecular complexity index is 735. The largest absolute Gasteiger partial charge is 0.464 e. The Labute approximate surface area is 155 Å². The van der Waals surface area contributed by atoms with Gasteiger partial charge in [-0.05, 0) is 18.9 Å². The van der Waals surface area contributed by atoms with Gasteiger partial charge in [-0.1, -0.05) is 36.9 Å². The average Bonchev–Trinajstić information content (AvgIpc) is 3.18. The quantitative estimate of drug-likeness (QED) is 0.511. The summed E-state index contributed by atoms with van der Waals surface area (Å²) in [5.74, 6) is 1.33. The van der Waals surface area contributed by atoms with E-state index in [4.69, 9.17) is 14.9 Å². The fourth-order valence-corrected chi connectivity index (χ4v) is 3.68. The van der Waals surface area contributed by atoms with E-state index in [1.165, 1.54) is 30.0 Å². The van der Waals surface area contributed by atoms with Gasteiger partial charge in [-0.25, -0.2) is 4.98 Å². The van der Waals surface area contributed by atoms with Crippen molar-refractivity contribution in [2.24, 2.45) is 5.92 Å². The van der Waals surface area contributed by atoms with Crippen molar-refractivity contribution in [1.29, 1.82) is 0 Å². The van der Waals surface area contributed by atoms with Gasteiger partial charge in [0.05, 0.1) is 0 Å². The molecule has 8 heteroatoms. The lowest BCUT2D eigenvalue weighted by atomic mass is 9.96. The molecule has 0 amide bonds. The zero-order valence-electron chi connectivity index (χ0n) is 14.5. The van der Waals surface area contributed by atoms with Gasteiger partial charge in [0.15, 0.2) is 21.8 Å². The summed E-state index contributed by atoms with van der Waals surface area (Å²) < 4.78 is 11.1. The van der Waals surface area contributed by atoms with Crippen LogP contribution >= 0.6 is 23.1 Å². The highest BCUT2D eigenvalue weighted by molar-refractivity contribution is 8.13. The summed E-state index contributed by atoms with van der Waals surface area (Å²) in [6.45, 7) is 5.86. The molecule has 136 valence electrons. The number of ketones is 1. The Morgan fingerprint density at radius 1 is 1.36 bits per heavy atom. The first-order valence-electron chi connectivity index (χ1n) is 8.13. The molecule has 0 radical (unpaired) electrons. The molecule has 0 atom stereocenters. The summed E-state index contributed by atoms with van der Waals surface area (Å²) in [6, 6.07) is 3.39. The minimum atomic E-state index is -0.0483. The van der Waals surface area contributed by atoms with E-state index in [9.17, 15) is 9.59 Å². The first kappa shape index (κ1) is 19.5. The van der Waals surface area contributed by atoms with Crippen molar-refractivity contribution in [1.82, 2.24) is 4.98 Å². The molecule has 0 saturated carbocycles. The maximum absolute atomic E-state index is 12.7. The van der Waals surface area contributed by atoms with Crippen molar-refractivity contribution in [3.8, 4) is 17.4 Å². The third-order valence-corrected chi connectivity index (χ3v) is 5.35. The smallest absolute Gasteiger partial charge is 0.284 e. The average molecular weight is 383 g/mol. The van der Waals surface area contributed by atoms with E-state index < -0.39 is 0 Å². The number of nitrogens with zero attached hydrogens (tertiary/aromatic N) is 1. The van der Waals surface area contributed by atoms with Gasteiger partial charge < -0.3 is 14.9 Å². The molecule has 2 aromatic heterocycles. The lowest BCUT2D eigenvalue weighted by Gasteiger charge is -2.09. The van der Waals surface area contributed by atoms with Gasteiger partial charge in [-0.2, -0.15) is 0 Å². The van der Waals surface area contributed by atoms with Crippen LogP contribution < -0.4 is 10.5 Å². The third-order valence-electron chi connectivity index (χ3n) is 3.67. The van der Waals surface area contributed by atoms with Crippen LogP contribution in [-0.4, -0.2) is 28.2 Å². The molecule has 0 spiro atoms. The molecule has 0 bridgehead atoms. The number of hydrogen-bond donors (Lipinski definition) is 1. The number of Topliss-reactive ketones (excluding diaryl/α,β-unsaturated/α-hetero) is 1. The molecule has 2 rings (SSSR count). The topological polar surface area (TPSA) is 95.4 Å². The molecule has 0 aromatic carbocycles. The van der Waals surface area contributed by atoms with Crippen LogP contribution in [0.2, 0.25) is 0 Å². The molecule has 0 aliphatic carbocycles. The van der Waals surface area contributed by atoms with E-state index in [2.05, 4.69) is 4.98 Å². The summed E-state index contributed by atoms with van der Waals surface area (Å²) in [4.78, 5) is 28.4. The standard InChI is InChI=1S/C17H22N2O4S2/c1-4-11(5-2)15(21)16-14(19-17(18)25-16)12-6-7-13(23-12)22-8-9-24-10(3)20/h6-7,11H,4-5,8-9H2,1-3H3,(H2,18,19). The van der Waals surface area contributed by atoms with Crippen LogP contribution in [0.4, 0.5) is 5.13 Å². The van der Waals surface area contributed by atoms with E-state index in [1.54, 1.807) is 12.1 Å². The predicted octanol–water partition coefficient (Wildman–Crippen LogP) is 4.26. The number of carbonyl (C=O) groups is 2. The Kier molecular flexibility index (Phi) is 7.07. The van der Waals surface area contributed by atoms with E-state index >= 15 is 0 Å². The molecule has 0 unspecified atom stereocenters. The zero-order chi connectivity index (χ0) is 18.4. The normalized spacial score (nSPS) is 11.0. The van der Waals surface area contributed by atoms with Crippen molar-refractivity contribution in [3.05, 3.63) is 17.0 Å². The fraction of sp³-hybridized carbons (Fsp3) is 0.471. The van der Waals surface area contributed by atoms with E-state index in [1.807, 2.05) is 13.8 Å². The van der Waals surface area contributed by atoms with E-state index in [-0.39, 0.29) is 16.8 Å². The number of thioether (sulfide) groups is 1. The number of thiazole rings is 1. The highest BCUT2D eigenvalue weighted by atomic mass is 32.2. The van der Waals surface area contributed by atoms with Crippen LogP contribution in [0, 0.1) is 5.92 Å². The minimum absolute atomic E-state index is 0.0472. The van der Waals surface area contributed by atoms with Crippen LogP contribution in [-0.2, 0) is 4.79 Å². The van der Waals surface area contributed by atoms with Crippen LogP contribution in [0.15, 0.2) is 16.5 Å². The minimum Gasteiger partial charge on any atom is -0.464 e. The molecule has 0 aliphatic rings. The second-order valence-electron chi connectivity index (χ2n) is 5.41. The van der Waals surface area contributed by atoms with Gasteiger partial charge in [0.1, 0.15) is 17.2 Å². The van der Waals surface area contributed by atoms with E-state index in [0.29, 0.717) is 39.8 Å². The highest BCUT2D eigenvalue weighted by Gasteiger charge is 2.25. The summed E-state index contributed by atoms with van der Waals surface area (Å²) in [7, 11) is 0. The zero-order valence-corrected chi connectivity index (χ0v) is 16.2. The molecule has 2 aromatic rings. The maximum atomic E-state index is 12.7. The van der Waals surface area contributed by atoms with Gasteiger partial charge in [0.25, 0.3) is 5.95 Å². The number of carbonyl (C=O) groups excluding carboxylic acids is 2. The van der Waals surface area contributed by atoms with Crippen LogP contribution in [0.5, 0.6) is 5.95 Å². The van der Waals surface area contributed by atoms with Crippen molar-refractivity contribution in [2.45, 2.75) is 33.6 Å². The number of anilines is 1. The number of furan rings is 1. The number of rotatable bonds is 9. The molecule has 0 fully saturated rings. The predicted molar refractivity (Wildman–Crippen MR) is 101 cm³/mol.